The maximum atomic E-state index is 12.4. The molecule has 0 aliphatic rings. The molecular weight excluding hydrogens is 368 g/mol. The summed E-state index contributed by atoms with van der Waals surface area (Å²) in [5.74, 6) is -0.509. The first kappa shape index (κ1) is 29.5. The van der Waals surface area contributed by atoms with Gasteiger partial charge in [-0.3, -0.25) is 4.79 Å². The highest BCUT2D eigenvalue weighted by Crippen LogP contribution is 2.38. The molecule has 0 heterocycles. The highest BCUT2D eigenvalue weighted by Gasteiger charge is 2.36. The third-order valence-electron chi connectivity index (χ3n) is 6.98. The Labute approximate surface area is 190 Å². The van der Waals surface area contributed by atoms with E-state index >= 15 is 0 Å². The summed E-state index contributed by atoms with van der Waals surface area (Å²) in [5, 5.41) is 10.2. The van der Waals surface area contributed by atoms with Crippen LogP contribution in [-0.4, -0.2) is 11.1 Å². The van der Waals surface area contributed by atoms with Crippen molar-refractivity contribution >= 4 is 5.97 Å². The lowest BCUT2D eigenvalue weighted by Gasteiger charge is -2.30. The number of hydrogen-bond donors (Lipinski definition) is 1. The van der Waals surface area contributed by atoms with Gasteiger partial charge in [0, 0.05) is 0 Å². The van der Waals surface area contributed by atoms with Crippen molar-refractivity contribution in [3.63, 3.8) is 0 Å². The topological polar surface area (TPSA) is 37.3 Å². The molecule has 0 saturated heterocycles. The molecule has 0 aromatic rings. The van der Waals surface area contributed by atoms with Crippen molar-refractivity contribution in [2.24, 2.45) is 5.41 Å². The minimum Gasteiger partial charge on any atom is -0.481 e. The van der Waals surface area contributed by atoms with E-state index in [1.165, 1.54) is 109 Å². The van der Waals surface area contributed by atoms with E-state index in [2.05, 4.69) is 20.8 Å². The number of carboxylic acids is 1. The molecule has 0 aliphatic carbocycles. The van der Waals surface area contributed by atoms with Crippen molar-refractivity contribution in [2.75, 3.05) is 0 Å². The molecule has 0 radical (unpaired) electrons. The molecule has 0 bridgehead atoms. The predicted molar refractivity (Wildman–Crippen MR) is 133 cm³/mol. The van der Waals surface area contributed by atoms with Crippen LogP contribution in [0.5, 0.6) is 0 Å². The molecular formula is C28H56O2. The molecule has 30 heavy (non-hydrogen) atoms. The first-order valence-corrected chi connectivity index (χ1v) is 13.9. The lowest BCUT2D eigenvalue weighted by Crippen LogP contribution is -2.31. The third-order valence-corrected chi connectivity index (χ3v) is 6.98. The molecule has 0 unspecified atom stereocenters. The lowest BCUT2D eigenvalue weighted by molar-refractivity contribution is -0.150. The van der Waals surface area contributed by atoms with Crippen LogP contribution < -0.4 is 0 Å². The van der Waals surface area contributed by atoms with Crippen LogP contribution in [0.2, 0.25) is 0 Å². The number of carbonyl (C=O) groups is 1. The van der Waals surface area contributed by atoms with Gasteiger partial charge in [0.25, 0.3) is 0 Å². The Balaban J connectivity index is 4.35. The van der Waals surface area contributed by atoms with Crippen molar-refractivity contribution in [2.45, 2.75) is 168 Å². The molecule has 0 atom stereocenters. The maximum Gasteiger partial charge on any atom is 0.309 e. The molecule has 180 valence electrons. The van der Waals surface area contributed by atoms with Gasteiger partial charge in [-0.05, 0) is 19.3 Å². The van der Waals surface area contributed by atoms with E-state index < -0.39 is 11.4 Å². The van der Waals surface area contributed by atoms with Gasteiger partial charge in [-0.2, -0.15) is 0 Å². The van der Waals surface area contributed by atoms with Gasteiger partial charge in [-0.15, -0.1) is 0 Å². The lowest BCUT2D eigenvalue weighted by atomic mass is 9.74. The van der Waals surface area contributed by atoms with Gasteiger partial charge in [0.1, 0.15) is 0 Å². The third kappa shape index (κ3) is 16.2. The van der Waals surface area contributed by atoms with Gasteiger partial charge in [0.05, 0.1) is 5.41 Å². The SMILES string of the molecule is CCCCCCCCCCC(CCCCCC)(CCCCCCCCCC)C(=O)O. The van der Waals surface area contributed by atoms with Crippen LogP contribution in [0, 0.1) is 5.41 Å². The molecule has 2 nitrogen and oxygen atoms in total. The summed E-state index contributed by atoms with van der Waals surface area (Å²) in [6.07, 6.45) is 28.1. The monoisotopic (exact) mass is 424 g/mol. The molecule has 0 aromatic carbocycles. The first-order valence-electron chi connectivity index (χ1n) is 13.9. The van der Waals surface area contributed by atoms with Crippen molar-refractivity contribution in [1.82, 2.24) is 0 Å². The smallest absolute Gasteiger partial charge is 0.309 e. The van der Waals surface area contributed by atoms with Gasteiger partial charge >= 0.3 is 5.97 Å². The van der Waals surface area contributed by atoms with Crippen LogP contribution in [0.4, 0.5) is 0 Å². The molecule has 0 fully saturated rings. The second-order valence-electron chi connectivity index (χ2n) is 9.85. The maximum absolute atomic E-state index is 12.4. The normalized spacial score (nSPS) is 11.8. The Hall–Kier alpha value is -0.530. The van der Waals surface area contributed by atoms with E-state index in [0.29, 0.717) is 0 Å². The van der Waals surface area contributed by atoms with Crippen LogP contribution in [-0.2, 0) is 4.79 Å². The fourth-order valence-electron chi connectivity index (χ4n) is 4.78. The molecule has 0 spiro atoms. The molecule has 0 aliphatic heterocycles. The van der Waals surface area contributed by atoms with Crippen LogP contribution in [0.15, 0.2) is 0 Å². The molecule has 1 N–H and O–H groups in total. The van der Waals surface area contributed by atoms with E-state index in [4.69, 9.17) is 0 Å². The quantitative estimate of drug-likeness (QED) is 0.156. The molecule has 0 aromatic heterocycles. The van der Waals surface area contributed by atoms with Crippen molar-refractivity contribution in [1.29, 1.82) is 0 Å². The Bertz CT molecular complexity index is 344. The zero-order valence-electron chi connectivity index (χ0n) is 21.1. The second kappa shape index (κ2) is 21.7. The second-order valence-corrected chi connectivity index (χ2v) is 9.85. The summed E-state index contributed by atoms with van der Waals surface area (Å²) < 4.78 is 0. The zero-order valence-corrected chi connectivity index (χ0v) is 21.1. The summed E-state index contributed by atoms with van der Waals surface area (Å²) in [4.78, 5) is 12.4. The summed E-state index contributed by atoms with van der Waals surface area (Å²) >= 11 is 0. The van der Waals surface area contributed by atoms with Gasteiger partial charge in [-0.1, -0.05) is 149 Å². The number of carboxylic acid groups (broad SMARTS) is 1. The summed E-state index contributed by atoms with van der Waals surface area (Å²) in [5.41, 5.74) is -0.446. The van der Waals surface area contributed by atoms with Crippen molar-refractivity contribution in [3.8, 4) is 0 Å². The Morgan fingerprint density at radius 1 is 0.467 bits per heavy atom. The van der Waals surface area contributed by atoms with Crippen LogP contribution >= 0.6 is 0 Å². The Morgan fingerprint density at radius 2 is 0.700 bits per heavy atom. The van der Waals surface area contributed by atoms with Crippen molar-refractivity contribution < 1.29 is 9.90 Å². The van der Waals surface area contributed by atoms with E-state index in [1.807, 2.05) is 0 Å². The molecule has 0 amide bonds. The minimum atomic E-state index is -0.509. The minimum absolute atomic E-state index is 0.446. The van der Waals surface area contributed by atoms with Crippen LogP contribution in [0.1, 0.15) is 168 Å². The van der Waals surface area contributed by atoms with Crippen LogP contribution in [0.25, 0.3) is 0 Å². The predicted octanol–water partition coefficient (Wildman–Crippen LogP) is 10.1. The number of aliphatic carboxylic acids is 1. The fraction of sp³-hybridized carbons (Fsp3) is 0.964. The van der Waals surface area contributed by atoms with E-state index in [0.717, 1.165) is 38.5 Å². The number of unbranched alkanes of at least 4 members (excludes halogenated alkanes) is 17. The van der Waals surface area contributed by atoms with Gasteiger partial charge in [0.2, 0.25) is 0 Å². The van der Waals surface area contributed by atoms with Crippen LogP contribution in [0.3, 0.4) is 0 Å². The van der Waals surface area contributed by atoms with E-state index in [-0.39, 0.29) is 0 Å². The first-order chi connectivity index (χ1) is 14.6. The van der Waals surface area contributed by atoms with E-state index in [9.17, 15) is 9.90 Å². The zero-order chi connectivity index (χ0) is 22.3. The number of rotatable bonds is 24. The van der Waals surface area contributed by atoms with E-state index in [1.54, 1.807) is 0 Å². The van der Waals surface area contributed by atoms with Crippen molar-refractivity contribution in [3.05, 3.63) is 0 Å². The standard InChI is InChI=1S/C28H56O2/c1-4-7-10-13-15-17-19-22-25-28(27(29)30,24-21-12-9-6-3)26-23-20-18-16-14-11-8-5-2/h4-26H2,1-3H3,(H,29,30). The van der Waals surface area contributed by atoms with Gasteiger partial charge in [-0.25, -0.2) is 0 Å². The molecule has 0 saturated carbocycles. The highest BCUT2D eigenvalue weighted by molar-refractivity contribution is 5.74. The van der Waals surface area contributed by atoms with Gasteiger partial charge in [0.15, 0.2) is 0 Å². The summed E-state index contributed by atoms with van der Waals surface area (Å²) in [7, 11) is 0. The molecule has 0 rings (SSSR count). The highest BCUT2D eigenvalue weighted by atomic mass is 16.4. The summed E-state index contributed by atoms with van der Waals surface area (Å²) in [6.45, 7) is 6.75. The Morgan fingerprint density at radius 3 is 0.967 bits per heavy atom. The fourth-order valence-corrected chi connectivity index (χ4v) is 4.78. The largest absolute Gasteiger partial charge is 0.481 e. The summed E-state index contributed by atoms with van der Waals surface area (Å²) in [6, 6.07) is 0. The average Bonchev–Trinajstić information content (AvgIpc) is 2.74. The Kier molecular flexibility index (Phi) is 21.3. The van der Waals surface area contributed by atoms with Gasteiger partial charge < -0.3 is 5.11 Å². The molecule has 2 heteroatoms. The number of hydrogen-bond acceptors (Lipinski definition) is 1. The average molecular weight is 425 g/mol.